The summed E-state index contributed by atoms with van der Waals surface area (Å²) in [5, 5.41) is 9.53. The largest absolute Gasteiger partial charge is 0.481 e. The number of esters is 2. The Labute approximate surface area is 248 Å². The third kappa shape index (κ3) is 3.95. The van der Waals surface area contributed by atoms with Gasteiger partial charge < -0.3 is 14.6 Å². The van der Waals surface area contributed by atoms with E-state index in [1.807, 2.05) is 6.92 Å². The van der Waals surface area contributed by atoms with Gasteiger partial charge in [0.2, 0.25) is 0 Å². The van der Waals surface area contributed by atoms with E-state index in [2.05, 4.69) is 33.4 Å². The van der Waals surface area contributed by atoms with Crippen LogP contribution in [-0.2, 0) is 33.4 Å². The molecule has 0 aliphatic heterocycles. The Balaban J connectivity index is 1.54. The minimum atomic E-state index is -1.24. The van der Waals surface area contributed by atoms with Crippen molar-refractivity contribution in [3.63, 3.8) is 0 Å². The van der Waals surface area contributed by atoms with Gasteiger partial charge in [-0.15, -0.1) is 0 Å². The molecule has 6 rings (SSSR count). The first-order valence-corrected chi connectivity index (χ1v) is 15.5. The number of ketones is 2. The van der Waals surface area contributed by atoms with E-state index in [1.54, 1.807) is 6.08 Å². The first-order valence-electron chi connectivity index (χ1n) is 15.5. The van der Waals surface area contributed by atoms with E-state index in [1.165, 1.54) is 20.8 Å². The number of fused-ring (bicyclic) bond motifs is 2. The van der Waals surface area contributed by atoms with Crippen LogP contribution in [0.25, 0.3) is 0 Å². The highest BCUT2D eigenvalue weighted by Crippen LogP contribution is 2.83. The van der Waals surface area contributed by atoms with Crippen LogP contribution in [0.2, 0.25) is 0 Å². The number of allylic oxidation sites excluding steroid dienone is 2. The number of aliphatic carboxylic acids is 1. The Morgan fingerprint density at radius 1 is 1.02 bits per heavy atom. The van der Waals surface area contributed by atoms with Crippen LogP contribution < -0.4 is 0 Å². The van der Waals surface area contributed by atoms with E-state index in [0.29, 0.717) is 18.3 Å². The Morgan fingerprint density at radius 3 is 2.29 bits per heavy atom. The van der Waals surface area contributed by atoms with Crippen LogP contribution in [-0.4, -0.2) is 46.8 Å². The number of hydrogen-bond donors (Lipinski definition) is 1. The first kappa shape index (κ1) is 30.7. The molecule has 5 fully saturated rings. The number of ether oxygens (including phenoxy) is 2. The van der Waals surface area contributed by atoms with Gasteiger partial charge in [-0.25, -0.2) is 0 Å². The zero-order valence-electron chi connectivity index (χ0n) is 26.0. The highest BCUT2D eigenvalue weighted by atomic mass is 16.6. The van der Waals surface area contributed by atoms with Crippen LogP contribution in [0, 0.1) is 57.2 Å². The van der Waals surface area contributed by atoms with Crippen LogP contribution in [0.15, 0.2) is 24.3 Å². The molecule has 1 N–H and O–H groups in total. The summed E-state index contributed by atoms with van der Waals surface area (Å²) in [7, 11) is 0. The van der Waals surface area contributed by atoms with Crippen molar-refractivity contribution in [2.45, 2.75) is 99.2 Å². The van der Waals surface area contributed by atoms with Gasteiger partial charge in [0, 0.05) is 37.2 Å². The monoisotopic (exact) mass is 582 g/mol. The maximum atomic E-state index is 13.7. The number of carbonyl (C=O) groups is 5. The summed E-state index contributed by atoms with van der Waals surface area (Å²) in [6.45, 7) is 16.3. The van der Waals surface area contributed by atoms with Crippen molar-refractivity contribution >= 4 is 29.5 Å². The summed E-state index contributed by atoms with van der Waals surface area (Å²) in [4.78, 5) is 62.8. The summed E-state index contributed by atoms with van der Waals surface area (Å²) in [5.41, 5.74) is -0.571. The van der Waals surface area contributed by atoms with Gasteiger partial charge in [-0.1, -0.05) is 40.3 Å². The number of hydrogen-bond acceptors (Lipinski definition) is 7. The van der Waals surface area contributed by atoms with Gasteiger partial charge in [0.25, 0.3) is 0 Å². The topological polar surface area (TPSA) is 124 Å². The van der Waals surface area contributed by atoms with Crippen molar-refractivity contribution in [3.05, 3.63) is 24.3 Å². The molecule has 12 atom stereocenters. The van der Waals surface area contributed by atoms with Crippen molar-refractivity contribution < 1.29 is 38.6 Å². The van der Waals surface area contributed by atoms with Gasteiger partial charge in [0.05, 0.1) is 5.92 Å². The van der Waals surface area contributed by atoms with E-state index >= 15 is 0 Å². The Kier molecular flexibility index (Phi) is 7.22. The maximum absolute atomic E-state index is 13.7. The summed E-state index contributed by atoms with van der Waals surface area (Å²) in [6, 6.07) is 0. The molecule has 8 heteroatoms. The van der Waals surface area contributed by atoms with E-state index in [0.717, 1.165) is 32.1 Å². The Hall–Kier alpha value is -2.77. The molecule has 0 radical (unpaired) electrons. The number of carboxylic acid groups (broad SMARTS) is 1. The second kappa shape index (κ2) is 9.88. The van der Waals surface area contributed by atoms with Crippen molar-refractivity contribution in [1.29, 1.82) is 0 Å². The lowest BCUT2D eigenvalue weighted by Crippen LogP contribution is -2.72. The van der Waals surface area contributed by atoms with Crippen LogP contribution >= 0.6 is 0 Å². The molecular weight excluding hydrogens is 536 g/mol. The number of carbonyl (C=O) groups excluding carboxylic acids is 4. The molecule has 6 aliphatic carbocycles. The molecule has 0 aromatic rings. The van der Waals surface area contributed by atoms with Crippen molar-refractivity contribution in [2.75, 3.05) is 0 Å². The zero-order chi connectivity index (χ0) is 31.2. The standard InChI is InChI=1S/C34H46O8/c1-17(18(2)30(39)40)28(38)29(42-22(6)36)19(3)27-24(41-21(5)35)15-32(8)25-11-12-33-16-34(25,14-13-31(27,32)7)26(33)10-9-23(37)20(33)4/h9-10,18-20,24-27,29H,1,11-16H2,2-8H3,(H,39,40). The van der Waals surface area contributed by atoms with E-state index < -0.39 is 47.7 Å². The molecule has 0 saturated heterocycles. The number of Topliss-reactive ketones (excluding diaryl/α,β-unsaturated/α-hetero) is 1. The summed E-state index contributed by atoms with van der Waals surface area (Å²) in [6.07, 6.45) is 7.75. The lowest BCUT2D eigenvalue weighted by atomic mass is 9.26. The fraction of sp³-hybridized carbons (Fsp3) is 0.735. The van der Waals surface area contributed by atoms with Gasteiger partial charge >= 0.3 is 17.9 Å². The molecule has 6 aliphatic rings. The van der Waals surface area contributed by atoms with E-state index in [9.17, 15) is 29.1 Å². The molecule has 0 heterocycles. The van der Waals surface area contributed by atoms with E-state index in [4.69, 9.17) is 9.47 Å². The molecule has 0 aromatic heterocycles. The predicted octanol–water partition coefficient (Wildman–Crippen LogP) is 5.34. The minimum absolute atomic E-state index is 0.0297. The molecular formula is C34H46O8. The van der Waals surface area contributed by atoms with Gasteiger partial charge in [0.15, 0.2) is 17.7 Å². The average Bonchev–Trinajstić information content (AvgIpc) is 3.14. The molecule has 2 spiro atoms. The average molecular weight is 583 g/mol. The fourth-order valence-electron chi connectivity index (χ4n) is 11.2. The predicted molar refractivity (Wildman–Crippen MR) is 154 cm³/mol. The van der Waals surface area contributed by atoms with Gasteiger partial charge in [-0.05, 0) is 85.0 Å². The number of rotatable bonds is 8. The smallest absolute Gasteiger partial charge is 0.310 e. The third-order valence-electron chi connectivity index (χ3n) is 13.3. The molecule has 0 aromatic carbocycles. The van der Waals surface area contributed by atoms with Crippen LogP contribution in [0.5, 0.6) is 0 Å². The van der Waals surface area contributed by atoms with Crippen molar-refractivity contribution in [1.82, 2.24) is 0 Å². The molecule has 8 nitrogen and oxygen atoms in total. The second-order valence-electron chi connectivity index (χ2n) is 14.7. The van der Waals surface area contributed by atoms with Crippen molar-refractivity contribution in [2.24, 2.45) is 57.2 Å². The molecule has 230 valence electrons. The summed E-state index contributed by atoms with van der Waals surface area (Å²) in [5.74, 6) is -3.85. The van der Waals surface area contributed by atoms with Gasteiger partial charge in [0.1, 0.15) is 6.10 Å². The number of carboxylic acids is 1. The molecule has 42 heavy (non-hydrogen) atoms. The Bertz CT molecular complexity index is 1280. The molecule has 12 unspecified atom stereocenters. The lowest BCUT2D eigenvalue weighted by molar-refractivity contribution is -0.277. The van der Waals surface area contributed by atoms with Crippen LogP contribution in [0.1, 0.15) is 87.0 Å². The lowest BCUT2D eigenvalue weighted by Gasteiger charge is -2.77. The fourth-order valence-corrected chi connectivity index (χ4v) is 11.2. The van der Waals surface area contributed by atoms with E-state index in [-0.39, 0.29) is 44.9 Å². The van der Waals surface area contributed by atoms with Crippen molar-refractivity contribution in [3.8, 4) is 0 Å². The maximum Gasteiger partial charge on any atom is 0.310 e. The SMILES string of the molecule is C=C(C(=O)C(OC(C)=O)C(C)C1C(OC(C)=O)CC2(C)C3CCC45CC3(CCC12C)C4C=CC(=O)C5C)C(C)C(=O)O. The minimum Gasteiger partial charge on any atom is -0.481 e. The normalized spacial score (nSPS) is 43.4. The van der Waals surface area contributed by atoms with Gasteiger partial charge in [-0.3, -0.25) is 24.0 Å². The van der Waals surface area contributed by atoms with Crippen LogP contribution in [0.3, 0.4) is 0 Å². The highest BCUT2D eigenvalue weighted by molar-refractivity contribution is 6.03. The summed E-state index contributed by atoms with van der Waals surface area (Å²) < 4.78 is 11.7. The zero-order valence-corrected chi connectivity index (χ0v) is 26.0. The van der Waals surface area contributed by atoms with Gasteiger partial charge in [-0.2, -0.15) is 0 Å². The summed E-state index contributed by atoms with van der Waals surface area (Å²) >= 11 is 0. The highest BCUT2D eigenvalue weighted by Gasteiger charge is 2.78. The molecule has 2 bridgehead atoms. The quantitative estimate of drug-likeness (QED) is 0.301. The second-order valence-corrected chi connectivity index (χ2v) is 14.7. The molecule has 0 amide bonds. The third-order valence-corrected chi connectivity index (χ3v) is 13.3. The Morgan fingerprint density at radius 2 is 1.69 bits per heavy atom. The first-order chi connectivity index (χ1) is 19.5. The molecule has 5 saturated carbocycles. The van der Waals surface area contributed by atoms with Crippen LogP contribution in [0.4, 0.5) is 0 Å².